The number of carbonyl (C=O) groups is 1. The quantitative estimate of drug-likeness (QED) is 0.922. The normalized spacial score (nSPS) is 12.0. The average molecular weight is 310 g/mol. The Kier molecular flexibility index (Phi) is 4.75. The van der Waals surface area contributed by atoms with E-state index < -0.39 is 11.6 Å². The zero-order valence-corrected chi connectivity index (χ0v) is 12.4. The molecule has 0 radical (unpaired) electrons. The van der Waals surface area contributed by atoms with Crippen LogP contribution in [0.25, 0.3) is 0 Å². The molecule has 22 heavy (non-hydrogen) atoms. The van der Waals surface area contributed by atoms with Gasteiger partial charge in [-0.3, -0.25) is 4.79 Å². The molecule has 118 valence electrons. The van der Waals surface area contributed by atoms with Gasteiger partial charge in [-0.2, -0.15) is 0 Å². The number of hydrogen-bond donors (Lipinski definition) is 1. The maximum Gasteiger partial charge on any atom is 0.257 e. The second-order valence-corrected chi connectivity index (χ2v) is 4.96. The molecule has 0 fully saturated rings. The van der Waals surface area contributed by atoms with Crippen molar-refractivity contribution in [3.05, 3.63) is 46.9 Å². The third-order valence-corrected chi connectivity index (χ3v) is 3.02. The molecule has 0 aliphatic carbocycles. The minimum absolute atomic E-state index is 0.0394. The first-order valence-corrected chi connectivity index (χ1v) is 6.70. The van der Waals surface area contributed by atoms with Crippen molar-refractivity contribution in [1.29, 1.82) is 0 Å². The van der Waals surface area contributed by atoms with E-state index in [0.717, 1.165) is 12.1 Å². The van der Waals surface area contributed by atoms with Crippen LogP contribution in [0, 0.1) is 25.5 Å². The van der Waals surface area contributed by atoms with E-state index in [-0.39, 0.29) is 24.3 Å². The summed E-state index contributed by atoms with van der Waals surface area (Å²) in [5, 5.41) is 6.41. The van der Waals surface area contributed by atoms with Crippen LogP contribution >= 0.6 is 0 Å². The maximum atomic E-state index is 13.4. The third-order valence-electron chi connectivity index (χ3n) is 3.02. The largest absolute Gasteiger partial charge is 0.488 e. The number of amides is 1. The van der Waals surface area contributed by atoms with Crippen LogP contribution in [-0.2, 0) is 0 Å². The molecule has 1 N–H and O–H groups in total. The van der Waals surface area contributed by atoms with Crippen molar-refractivity contribution in [3.8, 4) is 5.75 Å². The van der Waals surface area contributed by atoms with Crippen LogP contribution in [-0.4, -0.2) is 23.7 Å². The number of aromatic nitrogens is 1. The smallest absolute Gasteiger partial charge is 0.257 e. The number of ether oxygens (including phenoxy) is 1. The number of aryl methyl sites for hydroxylation is 2. The topological polar surface area (TPSA) is 64.4 Å². The van der Waals surface area contributed by atoms with Gasteiger partial charge >= 0.3 is 0 Å². The number of halogens is 2. The molecule has 5 nitrogen and oxygen atoms in total. The highest BCUT2D eigenvalue weighted by Crippen LogP contribution is 2.18. The van der Waals surface area contributed by atoms with Crippen molar-refractivity contribution in [3.63, 3.8) is 0 Å². The molecule has 7 heteroatoms. The zero-order chi connectivity index (χ0) is 16.3. The molecule has 2 rings (SSSR count). The predicted octanol–water partition coefficient (Wildman–Crippen LogP) is 2.77. The SMILES string of the molecule is Cc1noc(C)c1C(=O)N[C@@H](C)COc1ccc(F)cc1F. The molecule has 1 heterocycles. The van der Waals surface area contributed by atoms with Gasteiger partial charge in [-0.15, -0.1) is 0 Å². The molecule has 0 bridgehead atoms. The van der Waals surface area contributed by atoms with Crippen LogP contribution in [0.2, 0.25) is 0 Å². The Bertz CT molecular complexity index is 666. The highest BCUT2D eigenvalue weighted by atomic mass is 19.1. The van der Waals surface area contributed by atoms with E-state index >= 15 is 0 Å². The Morgan fingerprint density at radius 3 is 2.73 bits per heavy atom. The number of carbonyl (C=O) groups excluding carboxylic acids is 1. The van der Waals surface area contributed by atoms with Crippen molar-refractivity contribution in [1.82, 2.24) is 10.5 Å². The van der Waals surface area contributed by atoms with Gasteiger partial charge in [0.15, 0.2) is 11.6 Å². The Morgan fingerprint density at radius 1 is 1.41 bits per heavy atom. The summed E-state index contributed by atoms with van der Waals surface area (Å²) in [6.07, 6.45) is 0. The minimum Gasteiger partial charge on any atom is -0.488 e. The Morgan fingerprint density at radius 2 is 2.14 bits per heavy atom. The van der Waals surface area contributed by atoms with E-state index in [1.54, 1.807) is 20.8 Å². The summed E-state index contributed by atoms with van der Waals surface area (Å²) in [6, 6.07) is 2.66. The number of benzene rings is 1. The van der Waals surface area contributed by atoms with E-state index in [1.165, 1.54) is 6.07 Å². The molecule has 0 unspecified atom stereocenters. The standard InChI is InChI=1S/C15H16F2N2O3/c1-8(7-21-13-5-4-11(16)6-12(13)17)18-15(20)14-9(2)19-22-10(14)3/h4-6,8H,7H2,1-3H3,(H,18,20)/t8-/m0/s1. The zero-order valence-electron chi connectivity index (χ0n) is 12.4. The summed E-state index contributed by atoms with van der Waals surface area (Å²) in [7, 11) is 0. The van der Waals surface area contributed by atoms with Crippen molar-refractivity contribution in [2.45, 2.75) is 26.8 Å². The van der Waals surface area contributed by atoms with E-state index in [1.807, 2.05) is 0 Å². The summed E-state index contributed by atoms with van der Waals surface area (Å²) < 4.78 is 36.4. The molecule has 1 amide bonds. The fraction of sp³-hybridized carbons (Fsp3) is 0.333. The molecule has 1 aromatic carbocycles. The second kappa shape index (κ2) is 6.55. The van der Waals surface area contributed by atoms with Crippen LogP contribution in [0.5, 0.6) is 5.75 Å². The molecule has 1 atom stereocenters. The van der Waals surface area contributed by atoms with E-state index in [4.69, 9.17) is 9.26 Å². The molecule has 1 aromatic heterocycles. The minimum atomic E-state index is -0.788. The van der Waals surface area contributed by atoms with Crippen LogP contribution in [0.15, 0.2) is 22.7 Å². The fourth-order valence-electron chi connectivity index (χ4n) is 1.95. The van der Waals surface area contributed by atoms with Crippen LogP contribution in [0.1, 0.15) is 28.7 Å². The fourth-order valence-corrected chi connectivity index (χ4v) is 1.95. The van der Waals surface area contributed by atoms with Gasteiger partial charge in [-0.25, -0.2) is 8.78 Å². The van der Waals surface area contributed by atoms with Gasteiger partial charge in [0.25, 0.3) is 5.91 Å². The van der Waals surface area contributed by atoms with Crippen molar-refractivity contribution in [2.75, 3.05) is 6.61 Å². The van der Waals surface area contributed by atoms with Gasteiger partial charge in [0.1, 0.15) is 23.7 Å². The molecule has 2 aromatic rings. The monoisotopic (exact) mass is 310 g/mol. The number of nitrogens with zero attached hydrogens (tertiary/aromatic N) is 1. The lowest BCUT2D eigenvalue weighted by molar-refractivity contribution is 0.0924. The van der Waals surface area contributed by atoms with Crippen LogP contribution < -0.4 is 10.1 Å². The van der Waals surface area contributed by atoms with Gasteiger partial charge in [0.2, 0.25) is 0 Å². The van der Waals surface area contributed by atoms with Crippen LogP contribution in [0.3, 0.4) is 0 Å². The van der Waals surface area contributed by atoms with Crippen molar-refractivity contribution in [2.24, 2.45) is 0 Å². The van der Waals surface area contributed by atoms with E-state index in [0.29, 0.717) is 17.0 Å². The lowest BCUT2D eigenvalue weighted by Crippen LogP contribution is -2.37. The molecule has 0 saturated heterocycles. The molecular weight excluding hydrogens is 294 g/mol. The average Bonchev–Trinajstić information content (AvgIpc) is 2.77. The predicted molar refractivity (Wildman–Crippen MR) is 74.8 cm³/mol. The first-order valence-electron chi connectivity index (χ1n) is 6.70. The van der Waals surface area contributed by atoms with Crippen molar-refractivity contribution >= 4 is 5.91 Å². The van der Waals surface area contributed by atoms with Crippen LogP contribution in [0.4, 0.5) is 8.78 Å². The summed E-state index contributed by atoms with van der Waals surface area (Å²) >= 11 is 0. The number of rotatable bonds is 5. The maximum absolute atomic E-state index is 13.4. The molecule has 0 spiro atoms. The summed E-state index contributed by atoms with van der Waals surface area (Å²) in [4.78, 5) is 12.1. The first kappa shape index (κ1) is 15.9. The molecule has 0 saturated carbocycles. The summed E-state index contributed by atoms with van der Waals surface area (Å²) in [5.74, 6) is -1.45. The Hall–Kier alpha value is -2.44. The highest BCUT2D eigenvalue weighted by molar-refractivity contribution is 5.96. The Balaban J connectivity index is 1.93. The van der Waals surface area contributed by atoms with E-state index in [2.05, 4.69) is 10.5 Å². The van der Waals surface area contributed by atoms with Gasteiger partial charge < -0.3 is 14.6 Å². The van der Waals surface area contributed by atoms with Gasteiger partial charge in [-0.05, 0) is 32.9 Å². The lowest BCUT2D eigenvalue weighted by atomic mass is 10.2. The summed E-state index contributed by atoms with van der Waals surface area (Å²) in [6.45, 7) is 5.06. The number of hydrogen-bond acceptors (Lipinski definition) is 4. The molecular formula is C15H16F2N2O3. The highest BCUT2D eigenvalue weighted by Gasteiger charge is 2.19. The lowest BCUT2D eigenvalue weighted by Gasteiger charge is -2.15. The van der Waals surface area contributed by atoms with Gasteiger partial charge in [0, 0.05) is 6.07 Å². The van der Waals surface area contributed by atoms with E-state index in [9.17, 15) is 13.6 Å². The third kappa shape index (κ3) is 3.60. The molecule has 0 aliphatic rings. The second-order valence-electron chi connectivity index (χ2n) is 4.96. The summed E-state index contributed by atoms with van der Waals surface area (Å²) in [5.41, 5.74) is 0.868. The first-order chi connectivity index (χ1) is 10.4. The number of nitrogens with one attached hydrogen (secondary N) is 1. The van der Waals surface area contributed by atoms with Crippen molar-refractivity contribution < 1.29 is 22.8 Å². The molecule has 0 aliphatic heterocycles. The van der Waals surface area contributed by atoms with Gasteiger partial charge in [0.05, 0.1) is 11.7 Å². The van der Waals surface area contributed by atoms with Gasteiger partial charge in [-0.1, -0.05) is 5.16 Å². The Labute approximate surface area is 126 Å².